The molecule has 0 amide bonds. The molecule has 1 fully saturated rings. The largest absolute Gasteiger partial charge is 0.480 e. The molecule has 1 unspecified atom stereocenters. The van der Waals surface area contributed by atoms with Crippen molar-refractivity contribution in [2.75, 3.05) is 24.6 Å². The molecule has 0 radical (unpaired) electrons. The molecule has 0 aliphatic carbocycles. The summed E-state index contributed by atoms with van der Waals surface area (Å²) in [6, 6.07) is -0.246. The van der Waals surface area contributed by atoms with Gasteiger partial charge in [-0.3, -0.25) is 9.69 Å². The number of carboxylic acid groups (broad SMARTS) is 1. The van der Waals surface area contributed by atoms with Gasteiger partial charge in [-0.15, -0.1) is 0 Å². The van der Waals surface area contributed by atoms with Crippen LogP contribution in [0.3, 0.4) is 0 Å². The third-order valence-corrected chi connectivity index (χ3v) is 3.79. The third kappa shape index (κ3) is 4.43. The normalized spacial score (nSPS) is 20.1. The maximum Gasteiger partial charge on any atom is 0.320 e. The molecule has 0 aromatic heterocycles. The number of thioether (sulfide) groups is 1. The molecule has 0 aromatic rings. The first-order chi connectivity index (χ1) is 7.25. The predicted molar refractivity (Wildman–Crippen MR) is 64.5 cm³/mol. The number of piperidine rings is 1. The highest BCUT2D eigenvalue weighted by Gasteiger charge is 2.25. The summed E-state index contributed by atoms with van der Waals surface area (Å²) in [5.74, 6) is 1.39. The number of carbonyl (C=O) groups is 1. The predicted octanol–water partition coefficient (Wildman–Crippen LogP) is 2.07. The lowest BCUT2D eigenvalue weighted by atomic mass is 10.1. The van der Waals surface area contributed by atoms with Crippen LogP contribution in [0, 0.1) is 0 Å². The fourth-order valence-electron chi connectivity index (χ4n) is 2.03. The van der Waals surface area contributed by atoms with Gasteiger partial charge >= 0.3 is 5.97 Å². The van der Waals surface area contributed by atoms with Crippen LogP contribution in [0.25, 0.3) is 0 Å². The van der Waals surface area contributed by atoms with E-state index < -0.39 is 5.97 Å². The van der Waals surface area contributed by atoms with E-state index in [4.69, 9.17) is 0 Å². The number of hydrogen-bond acceptors (Lipinski definition) is 3. The fourth-order valence-corrected chi connectivity index (χ4v) is 2.71. The van der Waals surface area contributed by atoms with E-state index >= 15 is 0 Å². The van der Waals surface area contributed by atoms with Gasteiger partial charge in [0.2, 0.25) is 0 Å². The minimum atomic E-state index is -0.645. The van der Waals surface area contributed by atoms with Crippen LogP contribution in [0.15, 0.2) is 0 Å². The number of nitrogens with zero attached hydrogens (tertiary/aromatic N) is 1. The molecular formula is C11H21NO2S. The molecule has 15 heavy (non-hydrogen) atoms. The van der Waals surface area contributed by atoms with Crippen molar-refractivity contribution in [3.05, 3.63) is 0 Å². The second kappa shape index (κ2) is 7.12. The molecule has 1 rings (SSSR count). The van der Waals surface area contributed by atoms with E-state index in [-0.39, 0.29) is 6.04 Å². The van der Waals surface area contributed by atoms with Gasteiger partial charge < -0.3 is 5.11 Å². The van der Waals surface area contributed by atoms with Crippen LogP contribution in [-0.2, 0) is 4.79 Å². The number of aliphatic carboxylic acids is 1. The van der Waals surface area contributed by atoms with Gasteiger partial charge in [-0.25, -0.2) is 0 Å². The first kappa shape index (κ1) is 12.8. The van der Waals surface area contributed by atoms with E-state index in [1.54, 1.807) is 0 Å². The number of carboxylic acids is 1. The lowest BCUT2D eigenvalue weighted by Gasteiger charge is -2.31. The Morgan fingerprint density at radius 2 is 2.07 bits per heavy atom. The Balaban J connectivity index is 2.37. The monoisotopic (exact) mass is 231 g/mol. The zero-order valence-electron chi connectivity index (χ0n) is 9.45. The Morgan fingerprint density at radius 1 is 1.40 bits per heavy atom. The van der Waals surface area contributed by atoms with E-state index in [1.807, 2.05) is 11.8 Å². The summed E-state index contributed by atoms with van der Waals surface area (Å²) in [6.07, 6.45) is 4.36. The van der Waals surface area contributed by atoms with Crippen LogP contribution in [0.1, 0.15) is 32.6 Å². The molecule has 3 nitrogen and oxygen atoms in total. The minimum Gasteiger partial charge on any atom is -0.480 e. The van der Waals surface area contributed by atoms with E-state index in [1.165, 1.54) is 6.42 Å². The molecule has 1 N–H and O–H groups in total. The van der Waals surface area contributed by atoms with E-state index in [2.05, 4.69) is 11.8 Å². The van der Waals surface area contributed by atoms with Gasteiger partial charge in [0.1, 0.15) is 6.04 Å². The van der Waals surface area contributed by atoms with Gasteiger partial charge in [0.15, 0.2) is 0 Å². The molecular weight excluding hydrogens is 210 g/mol. The van der Waals surface area contributed by atoms with Gasteiger partial charge in [-0.05, 0) is 43.9 Å². The van der Waals surface area contributed by atoms with Crippen molar-refractivity contribution in [2.24, 2.45) is 0 Å². The van der Waals surface area contributed by atoms with Crippen LogP contribution >= 0.6 is 11.8 Å². The highest BCUT2D eigenvalue weighted by Crippen LogP contribution is 2.16. The second-order valence-corrected chi connectivity index (χ2v) is 5.33. The zero-order chi connectivity index (χ0) is 11.1. The van der Waals surface area contributed by atoms with Gasteiger partial charge in [0.25, 0.3) is 0 Å². The second-order valence-electron chi connectivity index (χ2n) is 3.94. The standard InChI is InChI=1S/C11H21NO2S/c1-2-15-9-6-10(11(13)14)12-7-4-3-5-8-12/h10H,2-9H2,1H3,(H,13,14). The van der Waals surface area contributed by atoms with Crippen LogP contribution < -0.4 is 0 Å². The van der Waals surface area contributed by atoms with Crippen molar-refractivity contribution in [3.63, 3.8) is 0 Å². The van der Waals surface area contributed by atoms with Crippen molar-refractivity contribution >= 4 is 17.7 Å². The van der Waals surface area contributed by atoms with Crippen LogP contribution in [0.2, 0.25) is 0 Å². The minimum absolute atomic E-state index is 0.246. The Bertz CT molecular complexity index is 193. The molecule has 88 valence electrons. The molecule has 1 atom stereocenters. The highest BCUT2D eigenvalue weighted by atomic mass is 32.2. The van der Waals surface area contributed by atoms with Crippen LogP contribution in [-0.4, -0.2) is 46.6 Å². The molecule has 1 aliphatic heterocycles. The molecule has 0 saturated carbocycles. The molecule has 1 aliphatic rings. The van der Waals surface area contributed by atoms with Gasteiger partial charge in [0, 0.05) is 0 Å². The summed E-state index contributed by atoms with van der Waals surface area (Å²) in [7, 11) is 0. The Kier molecular flexibility index (Phi) is 6.10. The molecule has 0 bridgehead atoms. The van der Waals surface area contributed by atoms with Crippen molar-refractivity contribution in [3.8, 4) is 0 Å². The zero-order valence-corrected chi connectivity index (χ0v) is 10.3. The topological polar surface area (TPSA) is 40.5 Å². The molecule has 4 heteroatoms. The van der Waals surface area contributed by atoms with Crippen LogP contribution in [0.4, 0.5) is 0 Å². The number of hydrogen-bond donors (Lipinski definition) is 1. The molecule has 1 heterocycles. The number of rotatable bonds is 6. The third-order valence-electron chi connectivity index (χ3n) is 2.86. The first-order valence-electron chi connectivity index (χ1n) is 5.80. The van der Waals surface area contributed by atoms with E-state index in [0.717, 1.165) is 43.9 Å². The van der Waals surface area contributed by atoms with E-state index in [9.17, 15) is 9.90 Å². The maximum atomic E-state index is 11.1. The van der Waals surface area contributed by atoms with E-state index in [0.29, 0.717) is 0 Å². The van der Waals surface area contributed by atoms with Crippen molar-refractivity contribution < 1.29 is 9.90 Å². The summed E-state index contributed by atoms with van der Waals surface area (Å²) >= 11 is 1.83. The lowest BCUT2D eigenvalue weighted by molar-refractivity contribution is -0.143. The molecule has 0 spiro atoms. The Morgan fingerprint density at radius 3 is 2.60 bits per heavy atom. The summed E-state index contributed by atoms with van der Waals surface area (Å²) in [5.41, 5.74) is 0. The molecule has 1 saturated heterocycles. The van der Waals surface area contributed by atoms with Gasteiger partial charge in [-0.2, -0.15) is 11.8 Å². The van der Waals surface area contributed by atoms with Crippen molar-refractivity contribution in [1.82, 2.24) is 4.90 Å². The lowest BCUT2D eigenvalue weighted by Crippen LogP contribution is -2.44. The highest BCUT2D eigenvalue weighted by molar-refractivity contribution is 7.99. The summed E-state index contributed by atoms with van der Waals surface area (Å²) in [6.45, 7) is 4.04. The summed E-state index contributed by atoms with van der Waals surface area (Å²) in [5, 5.41) is 9.17. The average Bonchev–Trinajstić information content (AvgIpc) is 2.25. The van der Waals surface area contributed by atoms with Crippen molar-refractivity contribution in [1.29, 1.82) is 0 Å². The average molecular weight is 231 g/mol. The first-order valence-corrected chi connectivity index (χ1v) is 6.95. The van der Waals surface area contributed by atoms with Gasteiger partial charge in [0.05, 0.1) is 0 Å². The number of likely N-dealkylation sites (tertiary alicyclic amines) is 1. The maximum absolute atomic E-state index is 11.1. The van der Waals surface area contributed by atoms with Crippen molar-refractivity contribution in [2.45, 2.75) is 38.6 Å². The van der Waals surface area contributed by atoms with Crippen LogP contribution in [0.5, 0.6) is 0 Å². The quantitative estimate of drug-likeness (QED) is 0.710. The van der Waals surface area contributed by atoms with Gasteiger partial charge in [-0.1, -0.05) is 13.3 Å². The Hall–Kier alpha value is -0.220. The fraction of sp³-hybridized carbons (Fsp3) is 0.909. The Labute approximate surface area is 96.2 Å². The summed E-state index contributed by atoms with van der Waals surface area (Å²) < 4.78 is 0. The molecule has 0 aromatic carbocycles. The SMILES string of the molecule is CCSCCC(C(=O)O)N1CCCCC1. The smallest absolute Gasteiger partial charge is 0.320 e. The summed E-state index contributed by atoms with van der Waals surface area (Å²) in [4.78, 5) is 13.3.